The van der Waals surface area contributed by atoms with Crippen LogP contribution in [-0.2, 0) is 0 Å². The van der Waals surface area contributed by atoms with Gasteiger partial charge in [0.25, 0.3) is 0 Å². The molecule has 2 rings (SSSR count). The van der Waals surface area contributed by atoms with Gasteiger partial charge in [0.1, 0.15) is 11.5 Å². The van der Waals surface area contributed by atoms with Crippen molar-refractivity contribution in [3.05, 3.63) is 23.5 Å². The van der Waals surface area contributed by atoms with E-state index in [1.807, 2.05) is 17.4 Å². The van der Waals surface area contributed by atoms with Gasteiger partial charge in [-0.25, -0.2) is 4.98 Å². The van der Waals surface area contributed by atoms with E-state index in [1.165, 1.54) is 0 Å². The van der Waals surface area contributed by atoms with Gasteiger partial charge in [-0.3, -0.25) is 4.40 Å². The Kier molecular flexibility index (Phi) is 4.50. The average Bonchev–Trinajstić information content (AvgIpc) is 2.73. The third kappa shape index (κ3) is 3.35. The number of allylic oxidation sites excluding steroid dienone is 1. The van der Waals surface area contributed by atoms with Crippen LogP contribution in [0.15, 0.2) is 12.1 Å². The summed E-state index contributed by atoms with van der Waals surface area (Å²) in [6.07, 6.45) is 4.19. The monoisotopic (exact) mass is 288 g/mol. The molecule has 2 heterocycles. The Morgan fingerprint density at radius 3 is 2.52 bits per heavy atom. The zero-order chi connectivity index (χ0) is 15.6. The molecule has 0 spiro atoms. The van der Waals surface area contributed by atoms with E-state index in [0.29, 0.717) is 23.6 Å². The maximum atomic E-state index is 5.23. The second-order valence-corrected chi connectivity index (χ2v) is 5.82. The normalized spacial score (nSPS) is 12.0. The quantitative estimate of drug-likeness (QED) is 0.914. The Hall–Kier alpha value is -2.04. The zero-order valence-electron chi connectivity index (χ0n) is 13.6. The van der Waals surface area contributed by atoms with Crippen molar-refractivity contribution in [3.63, 3.8) is 0 Å². The first-order valence-electron chi connectivity index (χ1n) is 7.31. The predicted octanol–water partition coefficient (Wildman–Crippen LogP) is 3.54. The molecule has 0 bridgehead atoms. The van der Waals surface area contributed by atoms with Gasteiger partial charge < -0.3 is 10.1 Å². The molecule has 0 aromatic carbocycles. The molecule has 5 nitrogen and oxygen atoms in total. The lowest BCUT2D eigenvalue weighted by molar-refractivity contribution is 0.397. The van der Waals surface area contributed by atoms with E-state index in [1.54, 1.807) is 7.11 Å². The fourth-order valence-corrected chi connectivity index (χ4v) is 2.12. The van der Waals surface area contributed by atoms with E-state index in [9.17, 15) is 0 Å². The number of aryl methyl sites for hydroxylation is 1. The lowest BCUT2D eigenvalue weighted by Crippen LogP contribution is -2.13. The molecular weight excluding hydrogens is 264 g/mol. The summed E-state index contributed by atoms with van der Waals surface area (Å²) in [4.78, 5) is 9.06. The first-order chi connectivity index (χ1) is 9.92. The topological polar surface area (TPSA) is 51.5 Å². The van der Waals surface area contributed by atoms with E-state index < -0.39 is 0 Å². The lowest BCUT2D eigenvalue weighted by Gasteiger charge is -2.12. The van der Waals surface area contributed by atoms with Crippen LogP contribution in [0, 0.1) is 12.8 Å². The molecule has 0 atom stereocenters. The van der Waals surface area contributed by atoms with Crippen molar-refractivity contribution >= 4 is 17.7 Å². The summed E-state index contributed by atoms with van der Waals surface area (Å²) in [5.74, 6) is 2.69. The first kappa shape index (κ1) is 15.4. The third-order valence-corrected chi connectivity index (χ3v) is 3.06. The summed E-state index contributed by atoms with van der Waals surface area (Å²) < 4.78 is 7.26. The Labute approximate surface area is 126 Å². The van der Waals surface area contributed by atoms with Crippen LogP contribution in [0.25, 0.3) is 11.9 Å². The van der Waals surface area contributed by atoms with Crippen LogP contribution in [0.4, 0.5) is 5.82 Å². The molecule has 114 valence electrons. The first-order valence-corrected chi connectivity index (χ1v) is 7.31. The number of fused-ring (bicyclic) bond motifs is 1. The fraction of sp³-hybridized carbons (Fsp3) is 0.500. The van der Waals surface area contributed by atoms with Gasteiger partial charge in [-0.2, -0.15) is 4.98 Å². The van der Waals surface area contributed by atoms with Crippen LogP contribution in [0.1, 0.15) is 39.1 Å². The van der Waals surface area contributed by atoms with Crippen molar-refractivity contribution in [2.24, 2.45) is 5.92 Å². The largest absolute Gasteiger partial charge is 0.481 e. The molecule has 0 unspecified atom stereocenters. The molecule has 21 heavy (non-hydrogen) atoms. The summed E-state index contributed by atoms with van der Waals surface area (Å²) in [5.41, 5.74) is 1.94. The molecule has 0 amide bonds. The summed E-state index contributed by atoms with van der Waals surface area (Å²) in [5, 5.41) is 3.47. The molecule has 0 saturated carbocycles. The SMILES string of the molecule is COc1cc(C)n2c(NC(C)C)c(/C=C/C(C)C)nc2n1. The third-order valence-electron chi connectivity index (χ3n) is 3.06. The number of nitrogens with zero attached hydrogens (tertiary/aromatic N) is 3. The number of imidazole rings is 1. The van der Waals surface area contributed by atoms with Gasteiger partial charge in [0.2, 0.25) is 11.7 Å². The van der Waals surface area contributed by atoms with E-state index in [-0.39, 0.29) is 0 Å². The second-order valence-electron chi connectivity index (χ2n) is 5.82. The zero-order valence-corrected chi connectivity index (χ0v) is 13.6. The number of nitrogens with one attached hydrogen (secondary N) is 1. The maximum absolute atomic E-state index is 5.23. The van der Waals surface area contributed by atoms with Crippen molar-refractivity contribution in [1.29, 1.82) is 0 Å². The van der Waals surface area contributed by atoms with Gasteiger partial charge >= 0.3 is 0 Å². The number of hydrogen-bond donors (Lipinski definition) is 1. The minimum Gasteiger partial charge on any atom is -0.481 e. The Morgan fingerprint density at radius 2 is 1.95 bits per heavy atom. The maximum Gasteiger partial charge on any atom is 0.239 e. The molecule has 2 aromatic heterocycles. The second kappa shape index (κ2) is 6.16. The molecule has 0 fully saturated rings. The highest BCUT2D eigenvalue weighted by atomic mass is 16.5. The van der Waals surface area contributed by atoms with Gasteiger partial charge in [0, 0.05) is 17.8 Å². The molecule has 0 aliphatic carbocycles. The number of hydrogen-bond acceptors (Lipinski definition) is 4. The summed E-state index contributed by atoms with van der Waals surface area (Å²) in [6, 6.07) is 2.23. The number of anilines is 1. The van der Waals surface area contributed by atoms with Gasteiger partial charge in [0.15, 0.2) is 0 Å². The summed E-state index contributed by atoms with van der Waals surface area (Å²) in [6.45, 7) is 10.5. The van der Waals surface area contributed by atoms with Crippen LogP contribution in [0.2, 0.25) is 0 Å². The van der Waals surface area contributed by atoms with Crippen molar-refractivity contribution < 1.29 is 4.74 Å². The van der Waals surface area contributed by atoms with Crippen molar-refractivity contribution in [2.75, 3.05) is 12.4 Å². The highest BCUT2D eigenvalue weighted by Gasteiger charge is 2.15. The Morgan fingerprint density at radius 1 is 1.24 bits per heavy atom. The number of aromatic nitrogens is 3. The molecule has 5 heteroatoms. The van der Waals surface area contributed by atoms with Gasteiger partial charge in [-0.1, -0.05) is 19.9 Å². The number of rotatable bonds is 5. The smallest absolute Gasteiger partial charge is 0.239 e. The van der Waals surface area contributed by atoms with Crippen molar-refractivity contribution in [3.8, 4) is 5.88 Å². The Bertz CT molecular complexity index is 656. The summed E-state index contributed by atoms with van der Waals surface area (Å²) in [7, 11) is 1.62. The van der Waals surface area contributed by atoms with Crippen LogP contribution >= 0.6 is 0 Å². The van der Waals surface area contributed by atoms with Crippen molar-refractivity contribution in [2.45, 2.75) is 40.7 Å². The molecule has 2 aromatic rings. The standard InChI is InChI=1S/C16H24N4O/c1-10(2)7-8-13-15(17-11(3)4)20-12(5)9-14(21-6)19-16(20)18-13/h7-11,17H,1-6H3/b8-7+. The van der Waals surface area contributed by atoms with Crippen molar-refractivity contribution in [1.82, 2.24) is 14.4 Å². The average molecular weight is 288 g/mol. The number of ether oxygens (including phenoxy) is 1. The molecular formula is C16H24N4O. The van der Waals surface area contributed by atoms with Gasteiger partial charge in [-0.05, 0) is 32.8 Å². The minimum absolute atomic E-state index is 0.317. The molecule has 1 N–H and O–H groups in total. The Balaban J connectivity index is 2.63. The lowest BCUT2D eigenvalue weighted by atomic mass is 10.2. The predicted molar refractivity (Wildman–Crippen MR) is 86.9 cm³/mol. The van der Waals surface area contributed by atoms with E-state index in [0.717, 1.165) is 17.2 Å². The van der Waals surface area contributed by atoms with Gasteiger partial charge in [0.05, 0.1) is 7.11 Å². The van der Waals surface area contributed by atoms with Gasteiger partial charge in [-0.15, -0.1) is 0 Å². The van der Waals surface area contributed by atoms with Crippen LogP contribution in [0.3, 0.4) is 0 Å². The fourth-order valence-electron chi connectivity index (χ4n) is 2.12. The molecule has 0 radical (unpaired) electrons. The van der Waals surface area contributed by atoms with Crippen LogP contribution < -0.4 is 10.1 Å². The molecule has 0 saturated heterocycles. The van der Waals surface area contributed by atoms with E-state index in [4.69, 9.17) is 4.74 Å². The highest BCUT2D eigenvalue weighted by Crippen LogP contribution is 2.24. The van der Waals surface area contributed by atoms with E-state index in [2.05, 4.69) is 55.1 Å². The molecule has 0 aliphatic rings. The van der Waals surface area contributed by atoms with Crippen LogP contribution in [0.5, 0.6) is 5.88 Å². The van der Waals surface area contributed by atoms with E-state index >= 15 is 0 Å². The highest BCUT2D eigenvalue weighted by molar-refractivity contribution is 5.66. The summed E-state index contributed by atoms with van der Waals surface area (Å²) >= 11 is 0. The number of methoxy groups -OCH3 is 1. The van der Waals surface area contributed by atoms with Crippen LogP contribution in [-0.4, -0.2) is 27.5 Å². The molecule has 0 aliphatic heterocycles. The minimum atomic E-state index is 0.317.